The molecule has 5 nitrogen and oxygen atoms in total. The summed E-state index contributed by atoms with van der Waals surface area (Å²) in [7, 11) is 1.29. The highest BCUT2D eigenvalue weighted by molar-refractivity contribution is 7.80. The van der Waals surface area contributed by atoms with Gasteiger partial charge in [-0.2, -0.15) is 0 Å². The van der Waals surface area contributed by atoms with Crippen molar-refractivity contribution in [2.24, 2.45) is 0 Å². The van der Waals surface area contributed by atoms with Gasteiger partial charge in [-0.15, -0.1) is 0 Å². The van der Waals surface area contributed by atoms with E-state index in [1.165, 1.54) is 30.7 Å². The van der Waals surface area contributed by atoms with Crippen LogP contribution in [0.1, 0.15) is 29.6 Å². The number of piperidine rings is 1. The van der Waals surface area contributed by atoms with Crippen LogP contribution in [0.4, 0.5) is 0 Å². The van der Waals surface area contributed by atoms with E-state index in [-0.39, 0.29) is 5.91 Å². The Balaban J connectivity index is 2.23. The fraction of sp³-hybridized carbons (Fsp3) is 0.353. The third kappa shape index (κ3) is 4.63. The number of rotatable bonds is 3. The second kappa shape index (κ2) is 8.43. The van der Waals surface area contributed by atoms with Crippen molar-refractivity contribution in [3.63, 3.8) is 0 Å². The molecule has 6 heteroatoms. The molecule has 0 aromatic heterocycles. The van der Waals surface area contributed by atoms with Gasteiger partial charge in [0.15, 0.2) is 5.11 Å². The van der Waals surface area contributed by atoms with Gasteiger partial charge in [0, 0.05) is 30.9 Å². The summed E-state index contributed by atoms with van der Waals surface area (Å²) in [5.41, 5.74) is 0.515. The van der Waals surface area contributed by atoms with E-state index in [9.17, 15) is 9.59 Å². The minimum Gasteiger partial charge on any atom is -0.466 e. The van der Waals surface area contributed by atoms with E-state index in [0.717, 1.165) is 25.9 Å². The van der Waals surface area contributed by atoms with Crippen LogP contribution in [-0.4, -0.2) is 47.0 Å². The van der Waals surface area contributed by atoms with E-state index in [1.54, 1.807) is 24.3 Å². The van der Waals surface area contributed by atoms with Gasteiger partial charge in [-0.1, -0.05) is 18.2 Å². The Kier molecular flexibility index (Phi) is 6.29. The molecule has 0 aliphatic carbocycles. The Labute approximate surface area is 141 Å². The summed E-state index contributed by atoms with van der Waals surface area (Å²) < 4.78 is 4.59. The fourth-order valence-corrected chi connectivity index (χ4v) is 2.71. The van der Waals surface area contributed by atoms with Crippen molar-refractivity contribution >= 4 is 29.2 Å². The quantitative estimate of drug-likeness (QED) is 0.484. The van der Waals surface area contributed by atoms with Crippen LogP contribution in [0, 0.1) is 0 Å². The lowest BCUT2D eigenvalue weighted by atomic mass is 10.1. The number of ether oxygens (including phenoxy) is 1. The van der Waals surface area contributed by atoms with Gasteiger partial charge in [0.1, 0.15) is 0 Å². The van der Waals surface area contributed by atoms with Gasteiger partial charge in [-0.3, -0.25) is 9.69 Å². The number of esters is 1. The maximum Gasteiger partial charge on any atom is 0.331 e. The van der Waals surface area contributed by atoms with Gasteiger partial charge in [0.05, 0.1) is 7.11 Å². The third-order valence-electron chi connectivity index (χ3n) is 3.63. The first-order valence-electron chi connectivity index (χ1n) is 7.57. The lowest BCUT2D eigenvalue weighted by Crippen LogP contribution is -2.45. The summed E-state index contributed by atoms with van der Waals surface area (Å²) in [6, 6.07) is 8.87. The molecule has 0 saturated carbocycles. The molecule has 1 aromatic rings. The minimum atomic E-state index is -0.530. The number of amides is 1. The van der Waals surface area contributed by atoms with Gasteiger partial charge in [-0.05, 0) is 43.6 Å². The number of carbonyl (C=O) groups is 2. The Morgan fingerprint density at radius 2 is 1.83 bits per heavy atom. The number of carbonyl (C=O) groups excluding carboxylic acids is 2. The number of thiocarbonyl (C=S) groups is 1. The lowest BCUT2D eigenvalue weighted by Gasteiger charge is -2.33. The van der Waals surface area contributed by atoms with Gasteiger partial charge in [0.25, 0.3) is 5.91 Å². The average molecular weight is 332 g/mol. The molecule has 1 fully saturated rings. The molecule has 1 saturated heterocycles. The van der Waals surface area contributed by atoms with Crippen LogP contribution in [-0.2, 0) is 9.53 Å². The standard InChI is InChI=1S/C17H20N2O3S/c1-22-15(20)10-13-19(16(21)14-8-4-2-5-9-14)17(23)18-11-6-3-7-12-18/h2,4-5,8-10,13H,3,6-7,11-12H2,1H3/b13-10-. The van der Waals surface area contributed by atoms with E-state index < -0.39 is 5.97 Å². The van der Waals surface area contributed by atoms with E-state index >= 15 is 0 Å². The second-order valence-electron chi connectivity index (χ2n) is 5.21. The third-order valence-corrected chi connectivity index (χ3v) is 4.09. The predicted octanol–water partition coefficient (Wildman–Crippen LogP) is 2.59. The molecule has 1 aliphatic rings. The van der Waals surface area contributed by atoms with Gasteiger partial charge < -0.3 is 9.64 Å². The highest BCUT2D eigenvalue weighted by Gasteiger charge is 2.23. The molecular formula is C17H20N2O3S. The number of likely N-dealkylation sites (tertiary alicyclic amines) is 1. The molecule has 0 spiro atoms. The first-order valence-corrected chi connectivity index (χ1v) is 7.98. The highest BCUT2D eigenvalue weighted by Crippen LogP contribution is 2.14. The van der Waals surface area contributed by atoms with Crippen LogP contribution in [0.5, 0.6) is 0 Å². The molecule has 1 aromatic carbocycles. The van der Waals surface area contributed by atoms with Crippen molar-refractivity contribution in [1.29, 1.82) is 0 Å². The summed E-state index contributed by atoms with van der Waals surface area (Å²) in [5, 5.41) is 0.415. The van der Waals surface area contributed by atoms with E-state index in [0.29, 0.717) is 10.7 Å². The Morgan fingerprint density at radius 3 is 2.43 bits per heavy atom. The zero-order valence-corrected chi connectivity index (χ0v) is 13.9. The molecule has 1 amide bonds. The van der Waals surface area contributed by atoms with E-state index in [1.807, 2.05) is 11.0 Å². The molecule has 1 aliphatic heterocycles. The molecule has 2 rings (SSSR count). The predicted molar refractivity (Wildman–Crippen MR) is 91.8 cm³/mol. The maximum atomic E-state index is 12.7. The van der Waals surface area contributed by atoms with Crippen molar-refractivity contribution in [1.82, 2.24) is 9.80 Å². The van der Waals surface area contributed by atoms with Gasteiger partial charge >= 0.3 is 5.97 Å². The molecule has 0 radical (unpaired) electrons. The van der Waals surface area contributed by atoms with Crippen molar-refractivity contribution in [2.45, 2.75) is 19.3 Å². The van der Waals surface area contributed by atoms with Crippen molar-refractivity contribution in [3.05, 3.63) is 48.2 Å². The summed E-state index contributed by atoms with van der Waals surface area (Å²) >= 11 is 5.49. The van der Waals surface area contributed by atoms with Crippen LogP contribution in [0.25, 0.3) is 0 Å². The number of benzene rings is 1. The Bertz CT molecular complexity index is 595. The zero-order chi connectivity index (χ0) is 16.7. The van der Waals surface area contributed by atoms with E-state index in [2.05, 4.69) is 4.74 Å². The van der Waals surface area contributed by atoms with E-state index in [4.69, 9.17) is 12.2 Å². The molecule has 0 N–H and O–H groups in total. The van der Waals surface area contributed by atoms with Crippen molar-refractivity contribution in [2.75, 3.05) is 20.2 Å². The topological polar surface area (TPSA) is 49.9 Å². The number of methoxy groups -OCH3 is 1. The lowest BCUT2D eigenvalue weighted by molar-refractivity contribution is -0.134. The van der Waals surface area contributed by atoms with Crippen molar-refractivity contribution in [3.8, 4) is 0 Å². The zero-order valence-electron chi connectivity index (χ0n) is 13.1. The van der Waals surface area contributed by atoms with Crippen LogP contribution in [0.15, 0.2) is 42.6 Å². The molecule has 0 atom stereocenters. The molecule has 0 unspecified atom stereocenters. The van der Waals surface area contributed by atoms with Crippen LogP contribution in [0.3, 0.4) is 0 Å². The summed E-state index contributed by atoms with van der Waals surface area (Å²) in [4.78, 5) is 27.5. The van der Waals surface area contributed by atoms with Gasteiger partial charge in [0.2, 0.25) is 0 Å². The van der Waals surface area contributed by atoms with Crippen LogP contribution < -0.4 is 0 Å². The SMILES string of the molecule is COC(=O)/C=C\N(C(=O)c1ccccc1)C(=S)N1CCCCC1. The normalized spacial score (nSPS) is 14.6. The molecule has 0 bridgehead atoms. The fourth-order valence-electron chi connectivity index (χ4n) is 2.38. The summed E-state index contributed by atoms with van der Waals surface area (Å²) in [6.45, 7) is 1.65. The number of hydrogen-bond acceptors (Lipinski definition) is 4. The number of hydrogen-bond donors (Lipinski definition) is 0. The summed E-state index contributed by atoms with van der Waals surface area (Å²) in [6.07, 6.45) is 5.86. The maximum absolute atomic E-state index is 12.7. The Hall–Kier alpha value is -2.21. The monoisotopic (exact) mass is 332 g/mol. The second-order valence-corrected chi connectivity index (χ2v) is 5.58. The highest BCUT2D eigenvalue weighted by atomic mass is 32.1. The summed E-state index contributed by atoms with van der Waals surface area (Å²) in [5.74, 6) is -0.793. The smallest absolute Gasteiger partial charge is 0.331 e. The first kappa shape index (κ1) is 17.1. The van der Waals surface area contributed by atoms with Crippen LogP contribution >= 0.6 is 12.2 Å². The largest absolute Gasteiger partial charge is 0.466 e. The van der Waals surface area contributed by atoms with Gasteiger partial charge in [-0.25, -0.2) is 4.79 Å². The first-order chi connectivity index (χ1) is 11.1. The van der Waals surface area contributed by atoms with Crippen LogP contribution in [0.2, 0.25) is 0 Å². The number of nitrogens with zero attached hydrogens (tertiary/aromatic N) is 2. The minimum absolute atomic E-state index is 0.263. The Morgan fingerprint density at radius 1 is 1.17 bits per heavy atom. The molecular weight excluding hydrogens is 312 g/mol. The molecule has 23 heavy (non-hydrogen) atoms. The average Bonchev–Trinajstić information content (AvgIpc) is 2.62. The molecule has 1 heterocycles. The molecule has 122 valence electrons. The van der Waals surface area contributed by atoms with Crippen molar-refractivity contribution < 1.29 is 14.3 Å².